The maximum Gasteiger partial charge on any atom is 0.335 e. The molecule has 0 unspecified atom stereocenters. The maximum absolute atomic E-state index is 11.3. The second-order valence-corrected chi connectivity index (χ2v) is 5.08. The summed E-state index contributed by atoms with van der Waals surface area (Å²) in [4.78, 5) is 23.8. The van der Waals surface area contributed by atoms with E-state index in [1.165, 1.54) is 0 Å². The van der Waals surface area contributed by atoms with E-state index >= 15 is 0 Å². The molecule has 108 valence electrons. The minimum atomic E-state index is -0.955. The van der Waals surface area contributed by atoms with Crippen molar-refractivity contribution < 1.29 is 14.7 Å². The van der Waals surface area contributed by atoms with E-state index in [0.717, 1.165) is 28.8 Å². The van der Waals surface area contributed by atoms with E-state index in [1.807, 2.05) is 32.0 Å². The molecule has 0 bridgehead atoms. The molecule has 0 heterocycles. The van der Waals surface area contributed by atoms with Gasteiger partial charge in [0.1, 0.15) is 0 Å². The predicted molar refractivity (Wildman–Crippen MR) is 81.6 cm³/mol. The van der Waals surface area contributed by atoms with Gasteiger partial charge in [0.2, 0.25) is 6.41 Å². The number of nitrogens with zero attached hydrogens (tertiary/aromatic N) is 1. The second-order valence-electron chi connectivity index (χ2n) is 5.08. The topological polar surface area (TPSA) is 57.6 Å². The zero-order chi connectivity index (χ0) is 15.4. The standard InChI is InChI=1S/C17H17NO3/c1-12-7-13(2)9-16(8-12)18(11-19)10-14-3-5-15(6-4-14)17(20)21/h3-9,11H,10H2,1-2H3,(H,20,21). The minimum absolute atomic E-state index is 0.239. The molecule has 0 spiro atoms. The van der Waals surface area contributed by atoms with E-state index in [4.69, 9.17) is 5.11 Å². The van der Waals surface area contributed by atoms with Crippen molar-refractivity contribution in [2.24, 2.45) is 0 Å². The summed E-state index contributed by atoms with van der Waals surface area (Å²) in [7, 11) is 0. The number of amides is 1. The van der Waals surface area contributed by atoms with Crippen LogP contribution in [-0.2, 0) is 11.3 Å². The number of carboxylic acid groups (broad SMARTS) is 1. The van der Waals surface area contributed by atoms with E-state index in [0.29, 0.717) is 6.54 Å². The van der Waals surface area contributed by atoms with E-state index in [-0.39, 0.29) is 5.56 Å². The van der Waals surface area contributed by atoms with E-state index < -0.39 is 5.97 Å². The van der Waals surface area contributed by atoms with Crippen LogP contribution in [0.2, 0.25) is 0 Å². The van der Waals surface area contributed by atoms with Gasteiger partial charge < -0.3 is 10.0 Å². The number of aryl methyl sites for hydroxylation is 2. The first kappa shape index (κ1) is 14.8. The summed E-state index contributed by atoms with van der Waals surface area (Å²) in [6.45, 7) is 4.38. The Balaban J connectivity index is 2.22. The van der Waals surface area contributed by atoms with Crippen molar-refractivity contribution in [3.8, 4) is 0 Å². The highest BCUT2D eigenvalue weighted by Crippen LogP contribution is 2.20. The Morgan fingerprint density at radius 1 is 1.10 bits per heavy atom. The quantitative estimate of drug-likeness (QED) is 0.857. The molecular weight excluding hydrogens is 266 g/mol. The van der Waals surface area contributed by atoms with Gasteiger partial charge in [0.05, 0.1) is 12.1 Å². The summed E-state index contributed by atoms with van der Waals surface area (Å²) in [5.41, 5.74) is 4.15. The number of carboxylic acids is 1. The van der Waals surface area contributed by atoms with Gasteiger partial charge >= 0.3 is 5.97 Å². The lowest BCUT2D eigenvalue weighted by Crippen LogP contribution is -2.20. The summed E-state index contributed by atoms with van der Waals surface area (Å²) < 4.78 is 0. The molecule has 0 radical (unpaired) electrons. The van der Waals surface area contributed by atoms with Crippen LogP contribution in [0.1, 0.15) is 27.0 Å². The normalized spacial score (nSPS) is 10.2. The average Bonchev–Trinajstić information content (AvgIpc) is 2.44. The molecule has 4 heteroatoms. The highest BCUT2D eigenvalue weighted by Gasteiger charge is 2.08. The number of aromatic carboxylic acids is 1. The van der Waals surface area contributed by atoms with E-state index in [9.17, 15) is 9.59 Å². The van der Waals surface area contributed by atoms with Crippen LogP contribution in [0.4, 0.5) is 5.69 Å². The lowest BCUT2D eigenvalue weighted by Gasteiger charge is -2.19. The molecule has 1 N–H and O–H groups in total. The summed E-state index contributed by atoms with van der Waals surface area (Å²) >= 11 is 0. The molecule has 0 aliphatic heterocycles. The number of hydrogen-bond acceptors (Lipinski definition) is 2. The monoisotopic (exact) mass is 283 g/mol. The van der Waals surface area contributed by atoms with Crippen molar-refractivity contribution in [3.63, 3.8) is 0 Å². The second kappa shape index (κ2) is 6.22. The first-order chi connectivity index (χ1) is 9.99. The fourth-order valence-electron chi connectivity index (χ4n) is 2.26. The smallest absolute Gasteiger partial charge is 0.335 e. The first-order valence-electron chi connectivity index (χ1n) is 6.62. The molecule has 1 amide bonds. The van der Waals surface area contributed by atoms with Crippen LogP contribution in [0.15, 0.2) is 42.5 Å². The van der Waals surface area contributed by atoms with Crippen LogP contribution in [-0.4, -0.2) is 17.5 Å². The molecule has 2 aromatic carbocycles. The van der Waals surface area contributed by atoms with Crippen LogP contribution in [0.25, 0.3) is 0 Å². The van der Waals surface area contributed by atoms with Crippen molar-refractivity contribution in [2.45, 2.75) is 20.4 Å². The molecule has 0 fully saturated rings. The van der Waals surface area contributed by atoms with Gasteiger partial charge in [-0.1, -0.05) is 18.2 Å². The molecule has 4 nitrogen and oxygen atoms in total. The molecule has 0 atom stereocenters. The van der Waals surface area contributed by atoms with Crippen molar-refractivity contribution in [1.82, 2.24) is 0 Å². The van der Waals surface area contributed by atoms with Gasteiger partial charge in [0, 0.05) is 5.69 Å². The Labute approximate surface area is 123 Å². The Hall–Kier alpha value is -2.62. The van der Waals surface area contributed by atoms with Gasteiger partial charge in [-0.2, -0.15) is 0 Å². The van der Waals surface area contributed by atoms with E-state index in [2.05, 4.69) is 0 Å². The largest absolute Gasteiger partial charge is 0.478 e. The summed E-state index contributed by atoms with van der Waals surface area (Å²) in [5.74, 6) is -0.955. The molecule has 0 aliphatic rings. The van der Waals surface area contributed by atoms with Gasteiger partial charge in [0.25, 0.3) is 0 Å². The fraction of sp³-hybridized carbons (Fsp3) is 0.176. The molecular formula is C17H17NO3. The van der Waals surface area contributed by atoms with Crippen LogP contribution in [0.3, 0.4) is 0 Å². The number of benzene rings is 2. The lowest BCUT2D eigenvalue weighted by atomic mass is 10.1. The molecule has 0 saturated carbocycles. The molecule has 0 aliphatic carbocycles. The zero-order valence-corrected chi connectivity index (χ0v) is 12.0. The first-order valence-corrected chi connectivity index (χ1v) is 6.62. The Kier molecular flexibility index (Phi) is 4.38. The highest BCUT2D eigenvalue weighted by molar-refractivity contribution is 5.87. The van der Waals surface area contributed by atoms with E-state index in [1.54, 1.807) is 29.2 Å². The van der Waals surface area contributed by atoms with Crippen molar-refractivity contribution in [1.29, 1.82) is 0 Å². The van der Waals surface area contributed by atoms with Gasteiger partial charge in [-0.3, -0.25) is 4.79 Å². The van der Waals surface area contributed by atoms with Gasteiger partial charge in [-0.15, -0.1) is 0 Å². The molecule has 21 heavy (non-hydrogen) atoms. The maximum atomic E-state index is 11.3. The minimum Gasteiger partial charge on any atom is -0.478 e. The average molecular weight is 283 g/mol. The molecule has 2 aromatic rings. The predicted octanol–water partition coefficient (Wildman–Crippen LogP) is 3.16. The van der Waals surface area contributed by atoms with Crippen molar-refractivity contribution in [2.75, 3.05) is 4.90 Å². The van der Waals surface area contributed by atoms with Crippen molar-refractivity contribution >= 4 is 18.1 Å². The highest BCUT2D eigenvalue weighted by atomic mass is 16.4. The number of anilines is 1. The van der Waals surface area contributed by atoms with Crippen LogP contribution in [0, 0.1) is 13.8 Å². The summed E-state index contributed by atoms with van der Waals surface area (Å²) in [6, 6.07) is 12.5. The third-order valence-corrected chi connectivity index (χ3v) is 3.22. The molecule has 0 saturated heterocycles. The van der Waals surface area contributed by atoms with Crippen LogP contribution < -0.4 is 4.90 Å². The zero-order valence-electron chi connectivity index (χ0n) is 12.0. The third-order valence-electron chi connectivity index (χ3n) is 3.22. The lowest BCUT2D eigenvalue weighted by molar-refractivity contribution is -0.107. The van der Waals surface area contributed by atoms with Gasteiger partial charge in [-0.25, -0.2) is 4.79 Å². The molecule has 2 rings (SSSR count). The summed E-state index contributed by atoms with van der Waals surface area (Å²) in [5, 5.41) is 8.88. The summed E-state index contributed by atoms with van der Waals surface area (Å²) in [6.07, 6.45) is 0.791. The third kappa shape index (κ3) is 3.69. The molecule has 0 aromatic heterocycles. The van der Waals surface area contributed by atoms with Crippen LogP contribution in [0.5, 0.6) is 0 Å². The Bertz CT molecular complexity index is 642. The number of carbonyl (C=O) groups is 2. The number of carbonyl (C=O) groups excluding carboxylic acids is 1. The van der Waals surface area contributed by atoms with Gasteiger partial charge in [-0.05, 0) is 54.8 Å². The van der Waals surface area contributed by atoms with Gasteiger partial charge in [0.15, 0.2) is 0 Å². The fourth-order valence-corrected chi connectivity index (χ4v) is 2.26. The SMILES string of the molecule is Cc1cc(C)cc(N(C=O)Cc2ccc(C(=O)O)cc2)c1. The Morgan fingerprint density at radius 2 is 1.67 bits per heavy atom. The number of hydrogen-bond donors (Lipinski definition) is 1. The Morgan fingerprint density at radius 3 is 2.14 bits per heavy atom. The number of rotatable bonds is 5. The van der Waals surface area contributed by atoms with Crippen molar-refractivity contribution in [3.05, 3.63) is 64.7 Å². The van der Waals surface area contributed by atoms with Crippen LogP contribution >= 0.6 is 0 Å².